The number of allylic oxidation sites excluding steroid dienone is 1. The molecule has 1 N–H and O–H groups in total. The molecule has 0 atom stereocenters. The Balaban J connectivity index is 3.76. The third-order valence-electron chi connectivity index (χ3n) is 1.06. The van der Waals surface area contributed by atoms with Crippen molar-refractivity contribution in [3.05, 3.63) is 12.2 Å². The summed E-state index contributed by atoms with van der Waals surface area (Å²) >= 11 is 0. The zero-order valence-corrected chi connectivity index (χ0v) is 7.65. The quantitative estimate of drug-likeness (QED) is 0.402. The zero-order chi connectivity index (χ0) is 9.56. The minimum Gasteiger partial charge on any atom is -0.445 e. The molecule has 0 rings (SSSR count). The Hall–Kier alpha value is -1.03. The van der Waals surface area contributed by atoms with Gasteiger partial charge in [-0.25, -0.2) is 4.79 Å². The summed E-state index contributed by atoms with van der Waals surface area (Å²) in [5.74, 6) is 0. The van der Waals surface area contributed by atoms with E-state index >= 15 is 0 Å². The summed E-state index contributed by atoms with van der Waals surface area (Å²) in [7, 11) is 0. The Kier molecular flexibility index (Phi) is 5.12. The molecule has 4 heteroatoms. The molecule has 0 spiro atoms. The molecule has 0 aliphatic rings. The maximum absolute atomic E-state index is 10.9. The summed E-state index contributed by atoms with van der Waals surface area (Å²) in [6.07, 6.45) is 2.47. The second-order valence-electron chi connectivity index (χ2n) is 2.58. The maximum atomic E-state index is 10.9. The van der Waals surface area contributed by atoms with Gasteiger partial charge in [-0.1, -0.05) is 12.2 Å². The number of nitrogens with zero attached hydrogens (tertiary/aromatic N) is 1. The first kappa shape index (κ1) is 11.0. The molecule has 12 heavy (non-hydrogen) atoms. The van der Waals surface area contributed by atoms with E-state index in [2.05, 4.69) is 0 Å². The third kappa shape index (κ3) is 4.73. The number of ether oxygens (including phenoxy) is 1. The van der Waals surface area contributed by atoms with Gasteiger partial charge in [0, 0.05) is 0 Å². The van der Waals surface area contributed by atoms with Crippen LogP contribution in [-0.4, -0.2) is 29.0 Å². The van der Waals surface area contributed by atoms with Gasteiger partial charge in [-0.2, -0.15) is 5.06 Å². The van der Waals surface area contributed by atoms with Crippen LogP contribution in [0.2, 0.25) is 0 Å². The second kappa shape index (κ2) is 5.60. The number of hydrogen-bond donors (Lipinski definition) is 1. The van der Waals surface area contributed by atoms with Gasteiger partial charge in [-0.05, 0) is 20.8 Å². The first-order valence-electron chi connectivity index (χ1n) is 3.86. The first-order chi connectivity index (χ1) is 5.57. The van der Waals surface area contributed by atoms with E-state index in [9.17, 15) is 4.79 Å². The van der Waals surface area contributed by atoms with E-state index in [1.54, 1.807) is 26.0 Å². The molecular formula is C8H15NO3. The van der Waals surface area contributed by atoms with Gasteiger partial charge in [0.25, 0.3) is 0 Å². The maximum Gasteiger partial charge on any atom is 0.434 e. The highest BCUT2D eigenvalue weighted by Gasteiger charge is 2.11. The Bertz CT molecular complexity index is 166. The molecule has 0 saturated heterocycles. The van der Waals surface area contributed by atoms with Crippen molar-refractivity contribution in [2.24, 2.45) is 0 Å². The van der Waals surface area contributed by atoms with Crippen LogP contribution in [0.15, 0.2) is 12.2 Å². The third-order valence-corrected chi connectivity index (χ3v) is 1.06. The molecule has 0 aromatic heterocycles. The van der Waals surface area contributed by atoms with Gasteiger partial charge in [0.1, 0.15) is 0 Å². The molecule has 1 amide bonds. The molecule has 0 unspecified atom stereocenters. The fraction of sp³-hybridized carbons (Fsp3) is 0.625. The lowest BCUT2D eigenvalue weighted by Crippen LogP contribution is -2.30. The minimum atomic E-state index is -0.719. The SMILES string of the molecule is CC=CCN(O)C(=O)OC(C)C. The van der Waals surface area contributed by atoms with Crippen molar-refractivity contribution in [2.45, 2.75) is 26.9 Å². The smallest absolute Gasteiger partial charge is 0.434 e. The molecule has 0 heterocycles. The Morgan fingerprint density at radius 3 is 2.67 bits per heavy atom. The molecule has 4 nitrogen and oxygen atoms in total. The van der Waals surface area contributed by atoms with Crippen molar-refractivity contribution in [3.63, 3.8) is 0 Å². The average molecular weight is 173 g/mol. The summed E-state index contributed by atoms with van der Waals surface area (Å²) in [5, 5.41) is 9.53. The largest absolute Gasteiger partial charge is 0.445 e. The topological polar surface area (TPSA) is 49.8 Å². The molecule has 0 aromatic carbocycles. The van der Waals surface area contributed by atoms with E-state index in [1.165, 1.54) is 0 Å². The number of hydroxylamine groups is 2. The first-order valence-corrected chi connectivity index (χ1v) is 3.86. The molecular weight excluding hydrogens is 158 g/mol. The molecule has 0 aromatic rings. The van der Waals surface area contributed by atoms with Gasteiger partial charge < -0.3 is 4.74 Å². The van der Waals surface area contributed by atoms with Gasteiger partial charge in [0.2, 0.25) is 0 Å². The second-order valence-corrected chi connectivity index (χ2v) is 2.58. The van der Waals surface area contributed by atoms with Crippen molar-refractivity contribution in [1.82, 2.24) is 5.06 Å². The van der Waals surface area contributed by atoms with E-state index in [0.717, 1.165) is 0 Å². The number of carbonyl (C=O) groups is 1. The summed E-state index contributed by atoms with van der Waals surface area (Å²) in [6.45, 7) is 5.41. The van der Waals surface area contributed by atoms with Crippen LogP contribution in [0.4, 0.5) is 4.79 Å². The lowest BCUT2D eigenvalue weighted by molar-refractivity contribution is -0.0720. The normalized spacial score (nSPS) is 10.8. The van der Waals surface area contributed by atoms with Crippen molar-refractivity contribution in [3.8, 4) is 0 Å². The summed E-state index contributed by atoms with van der Waals surface area (Å²) in [5.41, 5.74) is 0. The van der Waals surface area contributed by atoms with E-state index in [-0.39, 0.29) is 12.6 Å². The molecule has 70 valence electrons. The lowest BCUT2D eigenvalue weighted by atomic mass is 10.5. The van der Waals surface area contributed by atoms with Crippen LogP contribution in [0.1, 0.15) is 20.8 Å². The van der Waals surface area contributed by atoms with Gasteiger partial charge in [0.15, 0.2) is 0 Å². The van der Waals surface area contributed by atoms with Crippen LogP contribution in [-0.2, 0) is 4.74 Å². The van der Waals surface area contributed by atoms with Crippen molar-refractivity contribution < 1.29 is 14.7 Å². The van der Waals surface area contributed by atoms with Crippen LogP contribution in [0.5, 0.6) is 0 Å². The van der Waals surface area contributed by atoms with Gasteiger partial charge in [-0.3, -0.25) is 5.21 Å². The summed E-state index contributed by atoms with van der Waals surface area (Å²) < 4.78 is 4.71. The highest BCUT2D eigenvalue weighted by molar-refractivity contribution is 5.66. The number of hydrogen-bond acceptors (Lipinski definition) is 3. The van der Waals surface area contributed by atoms with Crippen LogP contribution < -0.4 is 0 Å². The predicted octanol–water partition coefficient (Wildman–Crippen LogP) is 1.80. The molecule has 0 radical (unpaired) electrons. The molecule has 0 fully saturated rings. The van der Waals surface area contributed by atoms with Crippen molar-refractivity contribution in [2.75, 3.05) is 6.54 Å². The van der Waals surface area contributed by atoms with E-state index in [0.29, 0.717) is 5.06 Å². The highest BCUT2D eigenvalue weighted by atomic mass is 16.6. The summed E-state index contributed by atoms with van der Waals surface area (Å²) in [6, 6.07) is 0. The Morgan fingerprint density at radius 2 is 2.25 bits per heavy atom. The van der Waals surface area contributed by atoms with Crippen molar-refractivity contribution >= 4 is 6.09 Å². The van der Waals surface area contributed by atoms with E-state index in [4.69, 9.17) is 9.94 Å². The lowest BCUT2D eigenvalue weighted by Gasteiger charge is -2.14. The van der Waals surface area contributed by atoms with Gasteiger partial charge >= 0.3 is 6.09 Å². The monoisotopic (exact) mass is 173 g/mol. The highest BCUT2D eigenvalue weighted by Crippen LogP contribution is 1.95. The molecule has 0 aliphatic carbocycles. The van der Waals surface area contributed by atoms with E-state index in [1.807, 2.05) is 6.92 Å². The summed E-state index contributed by atoms with van der Waals surface area (Å²) in [4.78, 5) is 10.9. The van der Waals surface area contributed by atoms with Crippen molar-refractivity contribution in [1.29, 1.82) is 0 Å². The van der Waals surface area contributed by atoms with E-state index < -0.39 is 6.09 Å². The number of carbonyl (C=O) groups excluding carboxylic acids is 1. The standard InChI is InChI=1S/C8H15NO3/c1-4-5-6-9(11)8(10)12-7(2)3/h4-5,7,11H,6H2,1-3H3. The average Bonchev–Trinajstić information content (AvgIpc) is 1.98. The van der Waals surface area contributed by atoms with Gasteiger partial charge in [0.05, 0.1) is 12.6 Å². The Labute approximate surface area is 72.4 Å². The van der Waals surface area contributed by atoms with Crippen LogP contribution in [0.25, 0.3) is 0 Å². The minimum absolute atomic E-state index is 0.155. The number of rotatable bonds is 3. The predicted molar refractivity (Wildman–Crippen MR) is 44.9 cm³/mol. The van der Waals surface area contributed by atoms with Crippen LogP contribution in [0.3, 0.4) is 0 Å². The fourth-order valence-corrected chi connectivity index (χ4v) is 0.542. The molecule has 0 aliphatic heterocycles. The van der Waals surface area contributed by atoms with Crippen LogP contribution >= 0.6 is 0 Å². The zero-order valence-electron chi connectivity index (χ0n) is 7.65. The Morgan fingerprint density at radius 1 is 1.67 bits per heavy atom. The molecule has 0 bridgehead atoms. The number of amides is 1. The van der Waals surface area contributed by atoms with Gasteiger partial charge in [-0.15, -0.1) is 0 Å². The molecule has 0 saturated carbocycles. The van der Waals surface area contributed by atoms with Crippen LogP contribution in [0, 0.1) is 0 Å². The fourth-order valence-electron chi connectivity index (χ4n) is 0.542.